The molecule has 1 saturated carbocycles. The van der Waals surface area contributed by atoms with Crippen molar-refractivity contribution in [1.82, 2.24) is 19.8 Å². The van der Waals surface area contributed by atoms with Crippen LogP contribution in [0.5, 0.6) is 0 Å². The van der Waals surface area contributed by atoms with Crippen LogP contribution in [-0.2, 0) is 24.4 Å². The minimum absolute atomic E-state index is 0.132. The molecule has 0 spiro atoms. The first-order valence-electron chi connectivity index (χ1n) is 14.6. The molecule has 2 fully saturated rings. The number of likely N-dealkylation sites (tertiary alicyclic amines) is 1. The van der Waals surface area contributed by atoms with Crippen molar-refractivity contribution in [3.63, 3.8) is 0 Å². The smallest absolute Gasteiger partial charge is 0.410 e. The van der Waals surface area contributed by atoms with E-state index in [0.29, 0.717) is 30.2 Å². The van der Waals surface area contributed by atoms with E-state index in [9.17, 15) is 14.4 Å². The van der Waals surface area contributed by atoms with Crippen molar-refractivity contribution in [3.8, 4) is 0 Å². The minimum Gasteiger partial charge on any atom is -0.469 e. The van der Waals surface area contributed by atoms with Gasteiger partial charge >= 0.3 is 12.1 Å². The van der Waals surface area contributed by atoms with E-state index >= 15 is 0 Å². The molecule has 0 radical (unpaired) electrons. The Bertz CT molecular complexity index is 1090. The zero-order valence-electron chi connectivity index (χ0n) is 26.4. The van der Waals surface area contributed by atoms with E-state index in [-0.39, 0.29) is 42.5 Å². The summed E-state index contributed by atoms with van der Waals surface area (Å²) in [4.78, 5) is 52.8. The van der Waals surface area contributed by atoms with Crippen molar-refractivity contribution in [2.24, 2.45) is 11.8 Å². The van der Waals surface area contributed by atoms with Gasteiger partial charge in [-0.05, 0) is 46.0 Å². The number of carbonyl (C=O) groups is 3. The van der Waals surface area contributed by atoms with Crippen LogP contribution in [0.2, 0.25) is 0 Å². The molecule has 0 unspecified atom stereocenters. The van der Waals surface area contributed by atoms with Crippen LogP contribution >= 0.6 is 0 Å². The van der Waals surface area contributed by atoms with Gasteiger partial charge in [-0.3, -0.25) is 9.59 Å². The predicted octanol–water partition coefficient (Wildman–Crippen LogP) is 4.26. The molecule has 1 aliphatic carbocycles. The zero-order chi connectivity index (χ0) is 30.7. The Morgan fingerprint density at radius 2 is 1.73 bits per heavy atom. The number of esters is 1. The lowest BCUT2D eigenvalue weighted by molar-refractivity contribution is -0.148. The quantitative estimate of drug-likeness (QED) is 0.453. The molecule has 2 heterocycles. The molecule has 41 heavy (non-hydrogen) atoms. The van der Waals surface area contributed by atoms with E-state index < -0.39 is 29.6 Å². The minimum atomic E-state index is -0.700. The molecule has 1 N–H and O–H groups in total. The van der Waals surface area contributed by atoms with Gasteiger partial charge in [0.05, 0.1) is 25.2 Å². The van der Waals surface area contributed by atoms with Crippen LogP contribution in [0.15, 0.2) is 6.20 Å². The second-order valence-electron chi connectivity index (χ2n) is 13.7. The van der Waals surface area contributed by atoms with E-state index in [0.717, 1.165) is 12.8 Å². The van der Waals surface area contributed by atoms with Crippen molar-refractivity contribution in [2.75, 3.05) is 39.2 Å². The summed E-state index contributed by atoms with van der Waals surface area (Å²) in [7, 11) is 3.04. The van der Waals surface area contributed by atoms with Gasteiger partial charge in [0.2, 0.25) is 0 Å². The molecule has 230 valence electrons. The number of aromatic nitrogens is 2. The highest BCUT2D eigenvalue weighted by molar-refractivity contribution is 5.99. The molecule has 1 aromatic heterocycles. The number of rotatable bonds is 8. The number of methoxy groups -OCH3 is 2. The van der Waals surface area contributed by atoms with Gasteiger partial charge in [-0.15, -0.1) is 0 Å². The van der Waals surface area contributed by atoms with Gasteiger partial charge in [-0.1, -0.05) is 34.6 Å². The third-order valence-corrected chi connectivity index (χ3v) is 7.34. The van der Waals surface area contributed by atoms with E-state index in [1.807, 2.05) is 34.6 Å². The average molecular weight is 576 g/mol. The number of ether oxygens (including phenoxy) is 3. The van der Waals surface area contributed by atoms with Gasteiger partial charge in [0, 0.05) is 44.4 Å². The Morgan fingerprint density at radius 1 is 1.07 bits per heavy atom. The largest absolute Gasteiger partial charge is 0.469 e. The molecule has 2 aliphatic rings. The van der Waals surface area contributed by atoms with Crippen LogP contribution in [0.3, 0.4) is 0 Å². The molecule has 1 aliphatic heterocycles. The third kappa shape index (κ3) is 8.53. The topological polar surface area (TPSA) is 123 Å². The van der Waals surface area contributed by atoms with Gasteiger partial charge in [-0.2, -0.15) is 0 Å². The summed E-state index contributed by atoms with van der Waals surface area (Å²) in [6.45, 7) is 16.4. The van der Waals surface area contributed by atoms with Gasteiger partial charge in [0.25, 0.3) is 5.91 Å². The molecule has 11 nitrogen and oxygen atoms in total. The molecule has 3 rings (SSSR count). The molecule has 0 aromatic carbocycles. The van der Waals surface area contributed by atoms with Crippen molar-refractivity contribution >= 4 is 23.8 Å². The Labute approximate surface area is 244 Å². The van der Waals surface area contributed by atoms with Gasteiger partial charge in [0.1, 0.15) is 22.8 Å². The van der Waals surface area contributed by atoms with Crippen LogP contribution in [-0.4, -0.2) is 95.4 Å². The Balaban J connectivity index is 1.98. The number of nitrogens with zero attached hydrogens (tertiary/aromatic N) is 4. The van der Waals surface area contributed by atoms with Gasteiger partial charge in [0.15, 0.2) is 0 Å². The SMILES string of the molecule is COC(=O)[C@@H]1C[C@H](N(CC(C)C)C(=O)c2cnc(C(C)(C)C)nc2NC2CC(OC)C2)CN(C(=O)OC(C)(C)C)C1. The number of nitrogens with one attached hydrogen (secondary N) is 1. The fraction of sp³-hybridized carbons (Fsp3) is 0.767. The standard InChI is InChI=1S/C30H49N5O6/c1-18(2)15-35(21-11-19(26(37)40-10)16-34(17-21)28(38)41-30(6,7)8)25(36)23-14-31-27(29(3,4)5)33-24(23)32-20-12-22(13-20)39-9/h14,18-22H,11-13,15-17H2,1-10H3,(H,31,32,33)/t19-,20?,21+,22?/m1/s1. The summed E-state index contributed by atoms with van der Waals surface area (Å²) in [5.41, 5.74) is -0.646. The second kappa shape index (κ2) is 12.9. The number of carbonyl (C=O) groups excluding carboxylic acids is 3. The van der Waals surface area contributed by atoms with Crippen LogP contribution in [0.25, 0.3) is 0 Å². The maximum atomic E-state index is 14.4. The van der Waals surface area contributed by atoms with E-state index in [1.54, 1.807) is 39.0 Å². The summed E-state index contributed by atoms with van der Waals surface area (Å²) in [5, 5.41) is 3.47. The molecular formula is C30H49N5O6. The van der Waals surface area contributed by atoms with Crippen LogP contribution in [0.1, 0.15) is 90.8 Å². The number of piperidine rings is 1. The summed E-state index contributed by atoms with van der Waals surface area (Å²) >= 11 is 0. The summed E-state index contributed by atoms with van der Waals surface area (Å²) in [6.07, 6.45) is 3.28. The fourth-order valence-corrected chi connectivity index (χ4v) is 5.14. The van der Waals surface area contributed by atoms with Gasteiger partial charge < -0.3 is 29.3 Å². The Hall–Kier alpha value is -2.95. The van der Waals surface area contributed by atoms with E-state index in [2.05, 4.69) is 10.3 Å². The molecule has 2 atom stereocenters. The van der Waals surface area contributed by atoms with Crippen molar-refractivity contribution in [3.05, 3.63) is 17.6 Å². The lowest BCUT2D eigenvalue weighted by Crippen LogP contribution is -2.57. The van der Waals surface area contributed by atoms with Gasteiger partial charge in [-0.25, -0.2) is 14.8 Å². The van der Waals surface area contributed by atoms with E-state index in [1.165, 1.54) is 12.0 Å². The molecule has 1 saturated heterocycles. The Morgan fingerprint density at radius 3 is 2.27 bits per heavy atom. The molecule has 1 aromatic rings. The summed E-state index contributed by atoms with van der Waals surface area (Å²) < 4.78 is 16.1. The third-order valence-electron chi connectivity index (χ3n) is 7.34. The lowest BCUT2D eigenvalue weighted by atomic mass is 9.89. The van der Waals surface area contributed by atoms with Crippen molar-refractivity contribution in [1.29, 1.82) is 0 Å². The average Bonchev–Trinajstić information content (AvgIpc) is 2.86. The fourth-order valence-electron chi connectivity index (χ4n) is 5.14. The number of hydrogen-bond donors (Lipinski definition) is 1. The predicted molar refractivity (Wildman–Crippen MR) is 156 cm³/mol. The highest BCUT2D eigenvalue weighted by Gasteiger charge is 2.41. The highest BCUT2D eigenvalue weighted by Crippen LogP contribution is 2.31. The Kier molecular flexibility index (Phi) is 10.3. The van der Waals surface area contributed by atoms with Crippen molar-refractivity contribution in [2.45, 2.75) is 104 Å². The maximum absolute atomic E-state index is 14.4. The first-order valence-corrected chi connectivity index (χ1v) is 14.6. The zero-order valence-corrected chi connectivity index (χ0v) is 26.4. The molecule has 0 bridgehead atoms. The van der Waals surface area contributed by atoms with Crippen LogP contribution in [0.4, 0.5) is 10.6 Å². The molecule has 11 heteroatoms. The molecule has 2 amide bonds. The lowest BCUT2D eigenvalue weighted by Gasteiger charge is -2.43. The summed E-state index contributed by atoms with van der Waals surface area (Å²) in [5.74, 6) is 0.00295. The first kappa shape index (κ1) is 32.6. The maximum Gasteiger partial charge on any atom is 0.410 e. The summed E-state index contributed by atoms with van der Waals surface area (Å²) in [6, 6.07) is -0.305. The number of anilines is 1. The monoisotopic (exact) mass is 575 g/mol. The number of hydrogen-bond acceptors (Lipinski definition) is 9. The highest BCUT2D eigenvalue weighted by atomic mass is 16.6. The van der Waals surface area contributed by atoms with Crippen LogP contribution in [0, 0.1) is 11.8 Å². The van der Waals surface area contributed by atoms with Crippen LogP contribution < -0.4 is 5.32 Å². The second-order valence-corrected chi connectivity index (χ2v) is 13.7. The number of amides is 2. The normalized spacial score (nSPS) is 23.0. The first-order chi connectivity index (χ1) is 19.0. The molecular weight excluding hydrogens is 526 g/mol. The van der Waals surface area contributed by atoms with Crippen molar-refractivity contribution < 1.29 is 28.6 Å². The van der Waals surface area contributed by atoms with E-state index in [4.69, 9.17) is 19.2 Å².